The van der Waals surface area contributed by atoms with Crippen molar-refractivity contribution in [2.24, 2.45) is 5.73 Å². The molecule has 1 aromatic rings. The summed E-state index contributed by atoms with van der Waals surface area (Å²) >= 11 is 1.81. The fourth-order valence-corrected chi connectivity index (χ4v) is 3.29. The van der Waals surface area contributed by atoms with Crippen LogP contribution in [0.1, 0.15) is 48.9 Å². The number of nitrogens with one attached hydrogen (secondary N) is 1. The Labute approximate surface area is 108 Å². The molecule has 1 aliphatic carbocycles. The Bertz CT molecular complexity index is 342. The minimum absolute atomic E-state index is 0.116. The lowest BCUT2D eigenvalue weighted by Gasteiger charge is -2.23. The number of nitrogens with zero attached hydrogens (tertiary/aromatic N) is 1. The van der Waals surface area contributed by atoms with Crippen LogP contribution in [0.2, 0.25) is 0 Å². The van der Waals surface area contributed by atoms with Crippen LogP contribution in [0, 0.1) is 0 Å². The van der Waals surface area contributed by atoms with Gasteiger partial charge in [-0.15, -0.1) is 11.3 Å². The molecule has 1 aliphatic rings. The molecule has 4 heteroatoms. The van der Waals surface area contributed by atoms with Gasteiger partial charge in [-0.1, -0.05) is 19.8 Å². The van der Waals surface area contributed by atoms with Crippen LogP contribution < -0.4 is 11.1 Å². The fourth-order valence-electron chi connectivity index (χ4n) is 2.45. The number of aryl methyl sites for hydroxylation is 1. The highest BCUT2D eigenvalue weighted by atomic mass is 32.1. The molecule has 1 fully saturated rings. The zero-order chi connectivity index (χ0) is 12.1. The summed E-state index contributed by atoms with van der Waals surface area (Å²) < 4.78 is 0. The molecule has 0 spiro atoms. The van der Waals surface area contributed by atoms with Crippen LogP contribution in [0.3, 0.4) is 0 Å². The summed E-state index contributed by atoms with van der Waals surface area (Å²) in [7, 11) is 0. The third kappa shape index (κ3) is 3.76. The smallest absolute Gasteiger partial charge is 0.107 e. The van der Waals surface area contributed by atoms with Gasteiger partial charge in [-0.3, -0.25) is 0 Å². The first kappa shape index (κ1) is 13.0. The predicted octanol–water partition coefficient (Wildman–Crippen LogP) is 2.46. The van der Waals surface area contributed by atoms with Gasteiger partial charge in [0.05, 0.1) is 0 Å². The summed E-state index contributed by atoms with van der Waals surface area (Å²) in [4.78, 5) is 5.77. The van der Waals surface area contributed by atoms with Gasteiger partial charge in [0.2, 0.25) is 0 Å². The summed E-state index contributed by atoms with van der Waals surface area (Å²) in [5, 5.41) is 4.65. The molecule has 0 unspecified atom stereocenters. The van der Waals surface area contributed by atoms with Gasteiger partial charge in [-0.25, -0.2) is 4.98 Å². The SMILES string of the molecule is CCc1cnc(CNCCC2(N)CCCC2)s1. The molecule has 1 saturated carbocycles. The molecule has 0 saturated heterocycles. The van der Waals surface area contributed by atoms with Gasteiger partial charge in [-0.05, 0) is 32.2 Å². The van der Waals surface area contributed by atoms with E-state index >= 15 is 0 Å². The van der Waals surface area contributed by atoms with E-state index in [1.165, 1.54) is 35.6 Å². The molecule has 1 aromatic heterocycles. The molecule has 0 atom stereocenters. The topological polar surface area (TPSA) is 50.9 Å². The van der Waals surface area contributed by atoms with Crippen LogP contribution in [0.5, 0.6) is 0 Å². The molecule has 1 heterocycles. The van der Waals surface area contributed by atoms with E-state index in [9.17, 15) is 0 Å². The van der Waals surface area contributed by atoms with E-state index in [0.29, 0.717) is 0 Å². The van der Waals surface area contributed by atoms with Gasteiger partial charge in [0.25, 0.3) is 0 Å². The predicted molar refractivity (Wildman–Crippen MR) is 73.2 cm³/mol. The molecule has 2 rings (SSSR count). The van der Waals surface area contributed by atoms with Crippen molar-refractivity contribution in [1.82, 2.24) is 10.3 Å². The zero-order valence-corrected chi connectivity index (χ0v) is 11.5. The molecular weight excluding hydrogens is 230 g/mol. The number of hydrogen-bond donors (Lipinski definition) is 2. The molecule has 3 N–H and O–H groups in total. The largest absolute Gasteiger partial charge is 0.325 e. The van der Waals surface area contributed by atoms with Crippen molar-refractivity contribution in [3.63, 3.8) is 0 Å². The molecule has 0 amide bonds. The van der Waals surface area contributed by atoms with E-state index < -0.39 is 0 Å². The molecule has 0 bridgehead atoms. The molecule has 0 radical (unpaired) electrons. The summed E-state index contributed by atoms with van der Waals surface area (Å²) in [5.74, 6) is 0. The Morgan fingerprint density at radius 1 is 1.47 bits per heavy atom. The van der Waals surface area contributed by atoms with Gasteiger partial charge in [0.15, 0.2) is 0 Å². The first-order valence-electron chi connectivity index (χ1n) is 6.65. The standard InChI is InChI=1S/C13H23N3S/c1-2-11-9-16-12(17-11)10-15-8-7-13(14)5-3-4-6-13/h9,15H,2-8,10,14H2,1H3. The van der Waals surface area contributed by atoms with Gasteiger partial charge < -0.3 is 11.1 Å². The molecule has 17 heavy (non-hydrogen) atoms. The molecule has 3 nitrogen and oxygen atoms in total. The maximum Gasteiger partial charge on any atom is 0.107 e. The highest BCUT2D eigenvalue weighted by Crippen LogP contribution is 2.29. The second kappa shape index (κ2) is 5.94. The number of rotatable bonds is 6. The van der Waals surface area contributed by atoms with E-state index in [4.69, 9.17) is 5.73 Å². The van der Waals surface area contributed by atoms with Crippen molar-refractivity contribution in [3.8, 4) is 0 Å². The van der Waals surface area contributed by atoms with Crippen molar-refractivity contribution in [2.75, 3.05) is 6.54 Å². The number of hydrogen-bond acceptors (Lipinski definition) is 4. The number of nitrogens with two attached hydrogens (primary N) is 1. The zero-order valence-electron chi connectivity index (χ0n) is 10.7. The maximum atomic E-state index is 6.31. The van der Waals surface area contributed by atoms with Crippen molar-refractivity contribution in [1.29, 1.82) is 0 Å². The fraction of sp³-hybridized carbons (Fsp3) is 0.769. The van der Waals surface area contributed by atoms with E-state index in [-0.39, 0.29) is 5.54 Å². The summed E-state index contributed by atoms with van der Waals surface area (Å²) in [6, 6.07) is 0. The van der Waals surface area contributed by atoms with E-state index in [0.717, 1.165) is 25.9 Å². The van der Waals surface area contributed by atoms with Gasteiger partial charge in [0.1, 0.15) is 5.01 Å². The Morgan fingerprint density at radius 3 is 2.88 bits per heavy atom. The average Bonchev–Trinajstić information content (AvgIpc) is 2.94. The number of thiazole rings is 1. The Balaban J connectivity index is 1.65. The first-order chi connectivity index (χ1) is 8.22. The maximum absolute atomic E-state index is 6.31. The van der Waals surface area contributed by atoms with Gasteiger partial charge in [0, 0.05) is 23.2 Å². The van der Waals surface area contributed by atoms with Crippen molar-refractivity contribution in [3.05, 3.63) is 16.1 Å². The average molecular weight is 253 g/mol. The second-order valence-electron chi connectivity index (χ2n) is 5.07. The normalized spacial score (nSPS) is 18.7. The van der Waals surface area contributed by atoms with E-state index in [2.05, 4.69) is 17.2 Å². The highest BCUT2D eigenvalue weighted by molar-refractivity contribution is 7.11. The summed E-state index contributed by atoms with van der Waals surface area (Å²) in [6.45, 7) is 4.07. The minimum atomic E-state index is 0.116. The quantitative estimate of drug-likeness (QED) is 0.766. The molecule has 96 valence electrons. The van der Waals surface area contributed by atoms with E-state index in [1.807, 2.05) is 17.5 Å². The minimum Gasteiger partial charge on any atom is -0.325 e. The lowest BCUT2D eigenvalue weighted by molar-refractivity contribution is 0.393. The third-order valence-electron chi connectivity index (χ3n) is 3.63. The molecular formula is C13H23N3S. The first-order valence-corrected chi connectivity index (χ1v) is 7.47. The van der Waals surface area contributed by atoms with Gasteiger partial charge >= 0.3 is 0 Å². The molecule has 0 aliphatic heterocycles. The Kier molecular flexibility index (Phi) is 4.54. The summed E-state index contributed by atoms with van der Waals surface area (Å²) in [5.41, 5.74) is 6.43. The Morgan fingerprint density at radius 2 is 2.24 bits per heavy atom. The third-order valence-corrected chi connectivity index (χ3v) is 4.77. The van der Waals surface area contributed by atoms with Crippen LogP contribution in [-0.2, 0) is 13.0 Å². The van der Waals surface area contributed by atoms with Crippen molar-refractivity contribution < 1.29 is 0 Å². The van der Waals surface area contributed by atoms with Crippen molar-refractivity contribution in [2.45, 2.75) is 57.5 Å². The van der Waals surface area contributed by atoms with E-state index in [1.54, 1.807) is 0 Å². The van der Waals surface area contributed by atoms with Crippen LogP contribution >= 0.6 is 11.3 Å². The van der Waals surface area contributed by atoms with Crippen molar-refractivity contribution >= 4 is 11.3 Å². The van der Waals surface area contributed by atoms with Crippen LogP contribution in [0.25, 0.3) is 0 Å². The summed E-state index contributed by atoms with van der Waals surface area (Å²) in [6.07, 6.45) is 9.19. The Hall–Kier alpha value is -0.450. The van der Waals surface area contributed by atoms with Gasteiger partial charge in [-0.2, -0.15) is 0 Å². The monoisotopic (exact) mass is 253 g/mol. The van der Waals surface area contributed by atoms with Crippen LogP contribution in [-0.4, -0.2) is 17.1 Å². The lowest BCUT2D eigenvalue weighted by Crippen LogP contribution is -2.39. The highest BCUT2D eigenvalue weighted by Gasteiger charge is 2.28. The van der Waals surface area contributed by atoms with Crippen LogP contribution in [0.4, 0.5) is 0 Å². The number of aromatic nitrogens is 1. The second-order valence-corrected chi connectivity index (χ2v) is 6.27. The lowest BCUT2D eigenvalue weighted by atomic mass is 9.95. The molecule has 0 aromatic carbocycles. The van der Waals surface area contributed by atoms with Crippen LogP contribution in [0.15, 0.2) is 6.20 Å².